The van der Waals surface area contributed by atoms with Crippen LogP contribution in [0.4, 0.5) is 0 Å². The zero-order valence-corrected chi connectivity index (χ0v) is 17.5. The Hall–Kier alpha value is -2.97. The van der Waals surface area contributed by atoms with Crippen LogP contribution in [0.25, 0.3) is 11.1 Å². The summed E-state index contributed by atoms with van der Waals surface area (Å²) in [6.45, 7) is 5.42. The summed E-state index contributed by atoms with van der Waals surface area (Å²) in [5.41, 5.74) is 8.24. The molecule has 7 heteroatoms. The molecule has 0 spiro atoms. The van der Waals surface area contributed by atoms with Crippen molar-refractivity contribution >= 4 is 0 Å². The van der Waals surface area contributed by atoms with Gasteiger partial charge in [-0.1, -0.05) is 48.5 Å². The average Bonchev–Trinajstić information content (AvgIpc) is 3.28. The quantitative estimate of drug-likeness (QED) is 0.373. The second-order valence-electron chi connectivity index (χ2n) is 7.42. The smallest absolute Gasteiger partial charge is 0.137 e. The number of rotatable bonds is 10. The highest BCUT2D eigenvalue weighted by Gasteiger charge is 2.24. The highest BCUT2D eigenvalue weighted by Crippen LogP contribution is 2.36. The van der Waals surface area contributed by atoms with Gasteiger partial charge in [-0.3, -0.25) is 0 Å². The molecule has 0 bridgehead atoms. The Bertz CT molecular complexity index is 987. The standard InChI is InChI=1S/C24H29N3O4/c1-3-21(27-12-11-26-24(27)16(2)29)23(30)18-9-10-20(17-7-5-4-6-8-17)22(13-18)31-15-19(25)14-28/h3-13,16,19,21,23,28-30H,1,14-15,25H2,2H3/t16-,19?,21?,23?/m0/s1. The minimum Gasteiger partial charge on any atom is -0.491 e. The second-order valence-corrected chi connectivity index (χ2v) is 7.42. The van der Waals surface area contributed by atoms with Crippen LogP contribution in [0.3, 0.4) is 0 Å². The number of hydrogen-bond donors (Lipinski definition) is 4. The highest BCUT2D eigenvalue weighted by atomic mass is 16.5. The van der Waals surface area contributed by atoms with Crippen LogP contribution >= 0.6 is 0 Å². The van der Waals surface area contributed by atoms with Gasteiger partial charge < -0.3 is 30.4 Å². The van der Waals surface area contributed by atoms with Crippen LogP contribution in [0.1, 0.15) is 36.6 Å². The first kappa shape index (κ1) is 22.7. The van der Waals surface area contributed by atoms with Gasteiger partial charge in [0.2, 0.25) is 0 Å². The Morgan fingerprint density at radius 2 is 1.94 bits per heavy atom. The molecule has 0 fully saturated rings. The van der Waals surface area contributed by atoms with Crippen molar-refractivity contribution in [3.05, 3.63) is 85.0 Å². The van der Waals surface area contributed by atoms with Crippen molar-refractivity contribution in [3.63, 3.8) is 0 Å². The summed E-state index contributed by atoms with van der Waals surface area (Å²) in [6.07, 6.45) is 3.15. The average molecular weight is 424 g/mol. The van der Waals surface area contributed by atoms with Gasteiger partial charge in [0.25, 0.3) is 0 Å². The molecule has 3 unspecified atom stereocenters. The fourth-order valence-electron chi connectivity index (χ4n) is 3.44. The Morgan fingerprint density at radius 1 is 1.19 bits per heavy atom. The van der Waals surface area contributed by atoms with E-state index in [-0.39, 0.29) is 13.2 Å². The van der Waals surface area contributed by atoms with Crippen molar-refractivity contribution in [2.45, 2.75) is 31.2 Å². The predicted octanol–water partition coefficient (Wildman–Crippen LogP) is 2.76. The zero-order valence-electron chi connectivity index (χ0n) is 17.5. The molecule has 3 rings (SSSR count). The first-order valence-electron chi connectivity index (χ1n) is 10.2. The molecule has 164 valence electrons. The van der Waals surface area contributed by atoms with Crippen molar-refractivity contribution in [2.75, 3.05) is 13.2 Å². The second kappa shape index (κ2) is 10.4. The first-order valence-corrected chi connectivity index (χ1v) is 10.2. The molecule has 7 nitrogen and oxygen atoms in total. The number of aliphatic hydroxyl groups excluding tert-OH is 3. The number of imidazole rings is 1. The van der Waals surface area contributed by atoms with Crippen LogP contribution in [0.2, 0.25) is 0 Å². The van der Waals surface area contributed by atoms with E-state index < -0.39 is 24.3 Å². The third kappa shape index (κ3) is 5.21. The van der Waals surface area contributed by atoms with Crippen LogP contribution in [0.15, 0.2) is 73.6 Å². The molecule has 0 aliphatic carbocycles. The van der Waals surface area contributed by atoms with Crippen molar-refractivity contribution in [1.82, 2.24) is 9.55 Å². The molecule has 3 aromatic rings. The fourth-order valence-corrected chi connectivity index (χ4v) is 3.44. The number of ether oxygens (including phenoxy) is 1. The summed E-state index contributed by atoms with van der Waals surface area (Å²) < 4.78 is 7.62. The van der Waals surface area contributed by atoms with E-state index in [0.717, 1.165) is 11.1 Å². The van der Waals surface area contributed by atoms with E-state index >= 15 is 0 Å². The largest absolute Gasteiger partial charge is 0.491 e. The van der Waals surface area contributed by atoms with E-state index in [1.54, 1.807) is 36.0 Å². The van der Waals surface area contributed by atoms with Gasteiger partial charge in [-0.25, -0.2) is 4.98 Å². The lowest BCUT2D eigenvalue weighted by Gasteiger charge is -2.25. The zero-order chi connectivity index (χ0) is 22.4. The molecule has 0 amide bonds. The third-order valence-electron chi connectivity index (χ3n) is 5.08. The number of hydrogen-bond acceptors (Lipinski definition) is 6. The van der Waals surface area contributed by atoms with E-state index in [4.69, 9.17) is 10.5 Å². The Labute approximate surface area is 182 Å². The lowest BCUT2D eigenvalue weighted by molar-refractivity contribution is 0.123. The summed E-state index contributed by atoms with van der Waals surface area (Å²) >= 11 is 0. The van der Waals surface area contributed by atoms with E-state index in [0.29, 0.717) is 17.1 Å². The third-order valence-corrected chi connectivity index (χ3v) is 5.08. The van der Waals surface area contributed by atoms with E-state index in [9.17, 15) is 15.3 Å². The van der Waals surface area contributed by atoms with Gasteiger partial charge in [-0.05, 0) is 24.1 Å². The minimum absolute atomic E-state index is 0.133. The molecular weight excluding hydrogens is 394 g/mol. The van der Waals surface area contributed by atoms with Crippen molar-refractivity contribution < 1.29 is 20.1 Å². The van der Waals surface area contributed by atoms with Gasteiger partial charge in [0, 0.05) is 18.0 Å². The van der Waals surface area contributed by atoms with Crippen LogP contribution in [0, 0.1) is 0 Å². The summed E-state index contributed by atoms with van der Waals surface area (Å²) in [6, 6.07) is 14.2. The highest BCUT2D eigenvalue weighted by molar-refractivity contribution is 5.71. The molecule has 2 aromatic carbocycles. The van der Waals surface area contributed by atoms with E-state index in [1.807, 2.05) is 42.5 Å². The molecule has 5 N–H and O–H groups in total. The molecule has 1 aromatic heterocycles. The molecule has 0 saturated heterocycles. The van der Waals surface area contributed by atoms with Gasteiger partial charge in [0.15, 0.2) is 0 Å². The van der Waals surface area contributed by atoms with Crippen molar-refractivity contribution in [1.29, 1.82) is 0 Å². The van der Waals surface area contributed by atoms with Crippen molar-refractivity contribution in [2.24, 2.45) is 5.73 Å². The lowest BCUT2D eigenvalue weighted by atomic mass is 9.97. The summed E-state index contributed by atoms with van der Waals surface area (Å²) in [5, 5.41) is 30.4. The molecular formula is C24H29N3O4. The Morgan fingerprint density at radius 3 is 2.58 bits per heavy atom. The maximum absolute atomic E-state index is 11.1. The van der Waals surface area contributed by atoms with Gasteiger partial charge in [-0.15, -0.1) is 6.58 Å². The molecule has 0 saturated carbocycles. The van der Waals surface area contributed by atoms with Crippen molar-refractivity contribution in [3.8, 4) is 16.9 Å². The summed E-state index contributed by atoms with van der Waals surface area (Å²) in [7, 11) is 0. The maximum atomic E-state index is 11.1. The van der Waals surface area contributed by atoms with Gasteiger partial charge in [0.1, 0.15) is 30.4 Å². The maximum Gasteiger partial charge on any atom is 0.137 e. The summed E-state index contributed by atoms with van der Waals surface area (Å²) in [5.74, 6) is 0.992. The molecule has 0 aliphatic rings. The topological polar surface area (TPSA) is 114 Å². The number of nitrogens with zero attached hydrogens (tertiary/aromatic N) is 2. The molecule has 0 aliphatic heterocycles. The van der Waals surface area contributed by atoms with Gasteiger partial charge in [0.05, 0.1) is 18.7 Å². The first-order chi connectivity index (χ1) is 15.0. The van der Waals surface area contributed by atoms with Crippen LogP contribution in [0.5, 0.6) is 5.75 Å². The van der Waals surface area contributed by atoms with Crippen LogP contribution in [-0.2, 0) is 0 Å². The normalized spacial score (nSPS) is 15.1. The fraction of sp³-hybridized carbons (Fsp3) is 0.292. The Balaban J connectivity index is 1.98. The summed E-state index contributed by atoms with van der Waals surface area (Å²) in [4.78, 5) is 4.18. The van der Waals surface area contributed by atoms with Crippen LogP contribution in [-0.4, -0.2) is 44.1 Å². The predicted molar refractivity (Wildman–Crippen MR) is 119 cm³/mol. The van der Waals surface area contributed by atoms with E-state index in [2.05, 4.69) is 11.6 Å². The number of benzene rings is 2. The monoisotopic (exact) mass is 423 g/mol. The molecule has 1 heterocycles. The number of aromatic nitrogens is 2. The number of nitrogens with two attached hydrogens (primary N) is 1. The Kier molecular flexibility index (Phi) is 7.59. The van der Waals surface area contributed by atoms with E-state index in [1.165, 1.54) is 0 Å². The van der Waals surface area contributed by atoms with Gasteiger partial charge >= 0.3 is 0 Å². The molecule has 4 atom stereocenters. The molecule has 0 radical (unpaired) electrons. The number of aliphatic hydroxyl groups is 3. The minimum atomic E-state index is -0.956. The SMILES string of the molecule is C=CC(C(O)c1ccc(-c2ccccc2)c(OCC(N)CO)c1)n1ccnc1[C@H](C)O. The lowest BCUT2D eigenvalue weighted by Crippen LogP contribution is -2.31. The van der Waals surface area contributed by atoms with Gasteiger partial charge in [-0.2, -0.15) is 0 Å². The molecule has 31 heavy (non-hydrogen) atoms. The van der Waals surface area contributed by atoms with Crippen LogP contribution < -0.4 is 10.5 Å².